The molecule has 0 bridgehead atoms. The van der Waals surface area contributed by atoms with E-state index in [1.165, 1.54) is 6.07 Å². The van der Waals surface area contributed by atoms with Crippen molar-refractivity contribution in [3.63, 3.8) is 0 Å². The first-order chi connectivity index (χ1) is 13.8. The van der Waals surface area contributed by atoms with Gasteiger partial charge in [0, 0.05) is 12.1 Å². The molecule has 0 saturated carbocycles. The van der Waals surface area contributed by atoms with Crippen molar-refractivity contribution in [3.05, 3.63) is 64.4 Å². The summed E-state index contributed by atoms with van der Waals surface area (Å²) in [6.45, 7) is 7.82. The van der Waals surface area contributed by atoms with Crippen LogP contribution < -0.4 is 10.2 Å². The number of hydrogen-bond donors (Lipinski definition) is 3. The first-order valence-electron chi connectivity index (χ1n) is 9.30. The summed E-state index contributed by atoms with van der Waals surface area (Å²) in [5.41, 5.74) is 1.88. The normalized spacial score (nSPS) is 13.0. The van der Waals surface area contributed by atoms with Crippen LogP contribution in [0.1, 0.15) is 26.7 Å². The molecule has 6 heteroatoms. The second-order valence-electron chi connectivity index (χ2n) is 7.19. The van der Waals surface area contributed by atoms with Gasteiger partial charge in [0.15, 0.2) is 0 Å². The number of aliphatic hydroxyl groups is 1. The van der Waals surface area contributed by atoms with Crippen molar-refractivity contribution in [2.75, 3.05) is 6.61 Å². The molecule has 0 amide bonds. The van der Waals surface area contributed by atoms with E-state index in [2.05, 4.69) is 6.58 Å². The third kappa shape index (κ3) is 4.60. The van der Waals surface area contributed by atoms with Gasteiger partial charge in [-0.05, 0) is 51.0 Å². The fraction of sp³-hybridized carbons (Fsp3) is 0.261. The van der Waals surface area contributed by atoms with Crippen LogP contribution >= 0.6 is 0 Å². The predicted molar refractivity (Wildman–Crippen MR) is 113 cm³/mol. The van der Waals surface area contributed by atoms with Crippen molar-refractivity contribution in [1.29, 1.82) is 0 Å². The third-order valence-corrected chi connectivity index (χ3v) is 4.77. The van der Waals surface area contributed by atoms with Crippen molar-refractivity contribution in [1.82, 2.24) is 0 Å². The second kappa shape index (κ2) is 8.41. The van der Waals surface area contributed by atoms with E-state index in [9.17, 15) is 20.1 Å². The molecule has 0 unspecified atom stereocenters. The Labute approximate surface area is 168 Å². The van der Waals surface area contributed by atoms with Crippen LogP contribution in [0.2, 0.25) is 0 Å². The van der Waals surface area contributed by atoms with Crippen LogP contribution in [0.15, 0.2) is 63.3 Å². The molecule has 1 aromatic heterocycles. The highest BCUT2D eigenvalue weighted by molar-refractivity contribution is 5.94. The number of aromatic hydroxyl groups is 2. The molecule has 3 aromatic rings. The van der Waals surface area contributed by atoms with E-state index in [-0.39, 0.29) is 27.9 Å². The standard InChI is InChI=1S/C23H24O6/c1-13(2)18(25)6-4-14(3)8-9-28-16-5-7-20-17(12-16)23(27)22-19(26)10-15(24)11-21(22)29-20/h5,7-8,10-12,18,24-26H,1,4,6,9H2,2-3H3/t18-/m1/s1. The van der Waals surface area contributed by atoms with Gasteiger partial charge >= 0.3 is 0 Å². The first-order valence-corrected chi connectivity index (χ1v) is 9.30. The lowest BCUT2D eigenvalue weighted by Gasteiger charge is -2.10. The van der Waals surface area contributed by atoms with Gasteiger partial charge in [-0.2, -0.15) is 0 Å². The van der Waals surface area contributed by atoms with Crippen molar-refractivity contribution >= 4 is 21.9 Å². The fourth-order valence-corrected chi connectivity index (χ4v) is 3.01. The SMILES string of the molecule is C=C(C)[C@H](O)CCC(C)=CCOc1ccc2oc3cc(O)cc(O)c3c(=O)c2c1. The minimum atomic E-state index is -0.507. The Morgan fingerprint density at radius 3 is 2.69 bits per heavy atom. The van der Waals surface area contributed by atoms with Crippen LogP contribution in [0.3, 0.4) is 0 Å². The Bertz CT molecular complexity index is 1160. The average molecular weight is 396 g/mol. The number of ether oxygens (including phenoxy) is 1. The van der Waals surface area contributed by atoms with Gasteiger partial charge in [0.1, 0.15) is 40.4 Å². The summed E-state index contributed by atoms with van der Waals surface area (Å²) in [6, 6.07) is 7.27. The van der Waals surface area contributed by atoms with E-state index in [1.54, 1.807) is 25.1 Å². The molecule has 0 aliphatic carbocycles. The summed E-state index contributed by atoms with van der Waals surface area (Å²) in [6.07, 6.45) is 2.76. The zero-order chi connectivity index (χ0) is 21.1. The largest absolute Gasteiger partial charge is 0.508 e. The zero-order valence-corrected chi connectivity index (χ0v) is 16.4. The van der Waals surface area contributed by atoms with Gasteiger partial charge in [-0.15, -0.1) is 0 Å². The average Bonchev–Trinajstić information content (AvgIpc) is 2.65. The Morgan fingerprint density at radius 2 is 1.97 bits per heavy atom. The Hall–Kier alpha value is -3.25. The smallest absolute Gasteiger partial charge is 0.204 e. The molecule has 0 fully saturated rings. The summed E-state index contributed by atoms with van der Waals surface area (Å²) in [5, 5.41) is 29.7. The van der Waals surface area contributed by atoms with E-state index < -0.39 is 11.5 Å². The Morgan fingerprint density at radius 1 is 1.21 bits per heavy atom. The van der Waals surface area contributed by atoms with Crippen LogP contribution in [0.4, 0.5) is 0 Å². The van der Waals surface area contributed by atoms with Gasteiger partial charge in [0.25, 0.3) is 0 Å². The summed E-state index contributed by atoms with van der Waals surface area (Å²) in [4.78, 5) is 12.8. The quantitative estimate of drug-likeness (QED) is 0.404. The molecule has 0 saturated heterocycles. The van der Waals surface area contributed by atoms with E-state index >= 15 is 0 Å². The molecule has 3 rings (SSSR count). The van der Waals surface area contributed by atoms with Crippen LogP contribution in [0.25, 0.3) is 21.9 Å². The second-order valence-corrected chi connectivity index (χ2v) is 7.19. The summed E-state index contributed by atoms with van der Waals surface area (Å²) in [5.74, 6) is -0.0266. The lowest BCUT2D eigenvalue weighted by Crippen LogP contribution is -2.07. The van der Waals surface area contributed by atoms with Gasteiger partial charge in [-0.25, -0.2) is 0 Å². The molecule has 6 nitrogen and oxygen atoms in total. The zero-order valence-electron chi connectivity index (χ0n) is 16.4. The van der Waals surface area contributed by atoms with Crippen LogP contribution in [-0.2, 0) is 0 Å². The molecule has 3 N–H and O–H groups in total. The minimum Gasteiger partial charge on any atom is -0.508 e. The van der Waals surface area contributed by atoms with Gasteiger partial charge in [-0.3, -0.25) is 4.79 Å². The van der Waals surface area contributed by atoms with Crippen LogP contribution in [0.5, 0.6) is 17.2 Å². The van der Waals surface area contributed by atoms with E-state index in [0.29, 0.717) is 24.4 Å². The first kappa shape index (κ1) is 20.5. The minimum absolute atomic E-state index is 0.0132. The molecular weight excluding hydrogens is 372 g/mol. The molecule has 1 atom stereocenters. The van der Waals surface area contributed by atoms with Gasteiger partial charge in [0.2, 0.25) is 5.43 Å². The molecule has 0 radical (unpaired) electrons. The lowest BCUT2D eigenvalue weighted by molar-refractivity contribution is 0.201. The number of fused-ring (bicyclic) bond motifs is 2. The predicted octanol–water partition coefficient (Wildman–Crippen LogP) is 4.40. The summed E-state index contributed by atoms with van der Waals surface area (Å²) in [7, 11) is 0. The fourth-order valence-electron chi connectivity index (χ4n) is 3.01. The van der Waals surface area contributed by atoms with Gasteiger partial charge < -0.3 is 24.5 Å². The molecule has 0 aliphatic rings. The topological polar surface area (TPSA) is 100 Å². The Kier molecular flexibility index (Phi) is 5.94. The van der Waals surface area contributed by atoms with Crippen LogP contribution in [-0.4, -0.2) is 28.0 Å². The lowest BCUT2D eigenvalue weighted by atomic mass is 10.0. The van der Waals surface area contributed by atoms with Gasteiger partial charge in [0.05, 0.1) is 11.5 Å². The highest BCUT2D eigenvalue weighted by Crippen LogP contribution is 2.30. The summed E-state index contributed by atoms with van der Waals surface area (Å²) < 4.78 is 11.4. The van der Waals surface area contributed by atoms with E-state index in [0.717, 1.165) is 23.6 Å². The molecule has 0 aliphatic heterocycles. The van der Waals surface area contributed by atoms with Crippen molar-refractivity contribution in [2.24, 2.45) is 0 Å². The Balaban J connectivity index is 1.78. The summed E-state index contributed by atoms with van der Waals surface area (Å²) >= 11 is 0. The maximum Gasteiger partial charge on any atom is 0.204 e. The van der Waals surface area contributed by atoms with E-state index in [1.807, 2.05) is 13.0 Å². The number of allylic oxidation sites excluding steroid dienone is 1. The third-order valence-electron chi connectivity index (χ3n) is 4.77. The van der Waals surface area contributed by atoms with Crippen molar-refractivity contribution < 1.29 is 24.5 Å². The molecule has 1 heterocycles. The van der Waals surface area contributed by atoms with Crippen molar-refractivity contribution in [2.45, 2.75) is 32.8 Å². The number of phenolic OH excluding ortho intramolecular Hbond substituents is 2. The van der Waals surface area contributed by atoms with Gasteiger partial charge in [-0.1, -0.05) is 17.7 Å². The molecule has 0 spiro atoms. The highest BCUT2D eigenvalue weighted by atomic mass is 16.5. The maximum absolute atomic E-state index is 12.8. The molecular formula is C23H24O6. The monoisotopic (exact) mass is 396 g/mol. The maximum atomic E-state index is 12.8. The molecule has 2 aromatic carbocycles. The number of aliphatic hydroxyl groups excluding tert-OH is 1. The van der Waals surface area contributed by atoms with Crippen molar-refractivity contribution in [3.8, 4) is 17.2 Å². The molecule has 152 valence electrons. The number of rotatable bonds is 7. The number of benzene rings is 2. The van der Waals surface area contributed by atoms with E-state index in [4.69, 9.17) is 9.15 Å². The highest BCUT2D eigenvalue weighted by Gasteiger charge is 2.13. The number of hydrogen-bond acceptors (Lipinski definition) is 6. The van der Waals surface area contributed by atoms with Crippen LogP contribution in [0, 0.1) is 0 Å². The molecule has 29 heavy (non-hydrogen) atoms. The number of phenols is 2.